The molecule has 0 radical (unpaired) electrons. The Kier molecular flexibility index (Phi) is 6.87. The van der Waals surface area contributed by atoms with Crippen molar-refractivity contribution in [3.05, 3.63) is 24.3 Å². The van der Waals surface area contributed by atoms with E-state index >= 15 is 0 Å². The Labute approximate surface area is 120 Å². The lowest BCUT2D eigenvalue weighted by atomic mass is 10.3. The van der Waals surface area contributed by atoms with E-state index in [1.165, 1.54) is 0 Å². The minimum Gasteiger partial charge on any atom is -0.493 e. The van der Waals surface area contributed by atoms with Crippen LogP contribution in [0.15, 0.2) is 24.3 Å². The zero-order valence-electron chi connectivity index (χ0n) is 12.6. The van der Waals surface area contributed by atoms with Gasteiger partial charge in [-0.25, -0.2) is 0 Å². The maximum Gasteiger partial charge on any atom is 0.237 e. The Morgan fingerprint density at radius 2 is 1.85 bits per heavy atom. The van der Waals surface area contributed by atoms with Crippen LogP contribution in [0.1, 0.15) is 20.8 Å². The molecule has 5 nitrogen and oxygen atoms in total. The molecular weight excluding hydrogens is 256 g/mol. The van der Waals surface area contributed by atoms with Crippen LogP contribution < -0.4 is 20.1 Å². The van der Waals surface area contributed by atoms with E-state index in [1.807, 2.05) is 45.0 Å². The number of hydrogen-bond acceptors (Lipinski definition) is 4. The number of rotatable bonds is 8. The molecule has 1 rings (SSSR count). The zero-order chi connectivity index (χ0) is 15.0. The molecule has 0 heterocycles. The van der Waals surface area contributed by atoms with Gasteiger partial charge in [0.05, 0.1) is 13.2 Å². The average molecular weight is 280 g/mol. The lowest BCUT2D eigenvalue weighted by Gasteiger charge is -2.16. The molecule has 5 heteroatoms. The number of amides is 1. The molecule has 1 aromatic carbocycles. The Morgan fingerprint density at radius 3 is 2.45 bits per heavy atom. The van der Waals surface area contributed by atoms with Gasteiger partial charge >= 0.3 is 0 Å². The summed E-state index contributed by atoms with van der Waals surface area (Å²) in [6.45, 7) is 6.77. The first-order chi connectivity index (χ1) is 9.54. The summed E-state index contributed by atoms with van der Waals surface area (Å²) in [4.78, 5) is 11.7. The summed E-state index contributed by atoms with van der Waals surface area (Å²) in [6.07, 6.45) is 0. The van der Waals surface area contributed by atoms with Crippen molar-refractivity contribution in [3.63, 3.8) is 0 Å². The number of hydrogen-bond donors (Lipinski definition) is 2. The molecule has 0 aliphatic rings. The monoisotopic (exact) mass is 280 g/mol. The van der Waals surface area contributed by atoms with Gasteiger partial charge in [0.1, 0.15) is 6.61 Å². The van der Waals surface area contributed by atoms with Crippen LogP contribution >= 0.6 is 0 Å². The SMILES string of the molecule is COc1ccccc1OCCNC(C)C(=O)NC(C)C. The van der Waals surface area contributed by atoms with E-state index in [9.17, 15) is 4.79 Å². The molecule has 0 saturated heterocycles. The molecule has 20 heavy (non-hydrogen) atoms. The molecule has 1 aromatic rings. The molecule has 0 aromatic heterocycles. The van der Waals surface area contributed by atoms with Crippen LogP contribution in [0, 0.1) is 0 Å². The zero-order valence-corrected chi connectivity index (χ0v) is 12.6. The van der Waals surface area contributed by atoms with Crippen LogP contribution in [0.3, 0.4) is 0 Å². The van der Waals surface area contributed by atoms with Gasteiger partial charge in [0.25, 0.3) is 0 Å². The van der Waals surface area contributed by atoms with Gasteiger partial charge in [0.2, 0.25) is 5.91 Å². The number of carbonyl (C=O) groups is 1. The van der Waals surface area contributed by atoms with E-state index in [2.05, 4.69) is 10.6 Å². The van der Waals surface area contributed by atoms with E-state index in [1.54, 1.807) is 7.11 Å². The third-order valence-corrected chi connectivity index (χ3v) is 2.70. The summed E-state index contributed by atoms with van der Waals surface area (Å²) in [5, 5.41) is 5.97. The van der Waals surface area contributed by atoms with Crippen molar-refractivity contribution in [1.29, 1.82) is 0 Å². The summed E-state index contributed by atoms with van der Waals surface area (Å²) < 4.78 is 10.8. The highest BCUT2D eigenvalue weighted by Gasteiger charge is 2.12. The van der Waals surface area contributed by atoms with Crippen molar-refractivity contribution in [2.75, 3.05) is 20.3 Å². The highest BCUT2D eigenvalue weighted by Crippen LogP contribution is 2.25. The van der Waals surface area contributed by atoms with Gasteiger partial charge in [-0.1, -0.05) is 12.1 Å². The number of methoxy groups -OCH3 is 1. The second-order valence-corrected chi connectivity index (χ2v) is 4.84. The largest absolute Gasteiger partial charge is 0.493 e. The minimum absolute atomic E-state index is 0.00251. The second-order valence-electron chi connectivity index (χ2n) is 4.84. The highest BCUT2D eigenvalue weighted by atomic mass is 16.5. The predicted molar refractivity (Wildman–Crippen MR) is 79.2 cm³/mol. The first-order valence-corrected chi connectivity index (χ1v) is 6.84. The van der Waals surface area contributed by atoms with Crippen LogP contribution in [-0.4, -0.2) is 38.3 Å². The molecule has 0 fully saturated rings. The minimum atomic E-state index is -0.237. The van der Waals surface area contributed by atoms with E-state index in [0.29, 0.717) is 24.7 Å². The summed E-state index contributed by atoms with van der Waals surface area (Å²) >= 11 is 0. The van der Waals surface area contributed by atoms with E-state index in [-0.39, 0.29) is 18.0 Å². The van der Waals surface area contributed by atoms with Crippen LogP contribution in [0.2, 0.25) is 0 Å². The van der Waals surface area contributed by atoms with Gasteiger partial charge in [0, 0.05) is 12.6 Å². The number of nitrogens with one attached hydrogen (secondary N) is 2. The molecule has 0 saturated carbocycles. The van der Waals surface area contributed by atoms with Gasteiger partial charge in [-0.15, -0.1) is 0 Å². The summed E-state index contributed by atoms with van der Waals surface area (Å²) in [5.74, 6) is 1.41. The molecule has 112 valence electrons. The summed E-state index contributed by atoms with van der Waals surface area (Å²) in [5.41, 5.74) is 0. The Balaban J connectivity index is 2.29. The third kappa shape index (κ3) is 5.48. The van der Waals surface area contributed by atoms with E-state index in [4.69, 9.17) is 9.47 Å². The first-order valence-electron chi connectivity index (χ1n) is 6.84. The Hall–Kier alpha value is -1.75. The molecule has 1 atom stereocenters. The number of para-hydroxylation sites is 2. The Bertz CT molecular complexity index is 421. The maximum absolute atomic E-state index is 11.7. The first kappa shape index (κ1) is 16.3. The van der Waals surface area contributed by atoms with Gasteiger partial charge in [-0.2, -0.15) is 0 Å². The average Bonchev–Trinajstić information content (AvgIpc) is 2.43. The molecule has 1 amide bonds. The predicted octanol–water partition coefficient (Wildman–Crippen LogP) is 1.58. The third-order valence-electron chi connectivity index (χ3n) is 2.70. The fourth-order valence-electron chi connectivity index (χ4n) is 1.68. The van der Waals surface area contributed by atoms with Crippen molar-refractivity contribution >= 4 is 5.91 Å². The lowest BCUT2D eigenvalue weighted by Crippen LogP contribution is -2.45. The van der Waals surface area contributed by atoms with Crippen molar-refractivity contribution in [3.8, 4) is 11.5 Å². The molecule has 2 N–H and O–H groups in total. The molecule has 0 aliphatic heterocycles. The standard InChI is InChI=1S/C15H24N2O3/c1-11(2)17-15(18)12(3)16-9-10-20-14-8-6-5-7-13(14)19-4/h5-8,11-12,16H,9-10H2,1-4H3,(H,17,18). The quantitative estimate of drug-likeness (QED) is 0.710. The fraction of sp³-hybridized carbons (Fsp3) is 0.533. The lowest BCUT2D eigenvalue weighted by molar-refractivity contribution is -0.123. The molecule has 0 aliphatic carbocycles. The fourth-order valence-corrected chi connectivity index (χ4v) is 1.68. The van der Waals surface area contributed by atoms with Crippen LogP contribution in [0.25, 0.3) is 0 Å². The van der Waals surface area contributed by atoms with Crippen molar-refractivity contribution in [2.24, 2.45) is 0 Å². The van der Waals surface area contributed by atoms with Gasteiger partial charge in [-0.05, 0) is 32.9 Å². The van der Waals surface area contributed by atoms with Crippen LogP contribution in [0.5, 0.6) is 11.5 Å². The van der Waals surface area contributed by atoms with Crippen molar-refractivity contribution < 1.29 is 14.3 Å². The number of ether oxygens (including phenoxy) is 2. The summed E-state index contributed by atoms with van der Waals surface area (Å²) in [7, 11) is 1.61. The number of carbonyl (C=O) groups excluding carboxylic acids is 1. The number of benzene rings is 1. The normalized spacial score (nSPS) is 12.1. The molecule has 0 bridgehead atoms. The topological polar surface area (TPSA) is 59.6 Å². The molecular formula is C15H24N2O3. The highest BCUT2D eigenvalue weighted by molar-refractivity contribution is 5.81. The van der Waals surface area contributed by atoms with Crippen molar-refractivity contribution in [2.45, 2.75) is 32.9 Å². The van der Waals surface area contributed by atoms with Crippen LogP contribution in [0.4, 0.5) is 0 Å². The smallest absolute Gasteiger partial charge is 0.237 e. The molecule has 1 unspecified atom stereocenters. The molecule has 0 spiro atoms. The van der Waals surface area contributed by atoms with Crippen molar-refractivity contribution in [1.82, 2.24) is 10.6 Å². The van der Waals surface area contributed by atoms with Gasteiger partial charge in [-0.3, -0.25) is 4.79 Å². The van der Waals surface area contributed by atoms with Gasteiger partial charge in [0.15, 0.2) is 11.5 Å². The van der Waals surface area contributed by atoms with Gasteiger partial charge < -0.3 is 20.1 Å². The Morgan fingerprint density at radius 1 is 1.20 bits per heavy atom. The van der Waals surface area contributed by atoms with E-state index in [0.717, 1.165) is 0 Å². The van der Waals surface area contributed by atoms with E-state index < -0.39 is 0 Å². The van der Waals surface area contributed by atoms with Crippen LogP contribution in [-0.2, 0) is 4.79 Å². The maximum atomic E-state index is 11.7. The second kappa shape index (κ2) is 8.43. The summed E-state index contributed by atoms with van der Waals surface area (Å²) in [6, 6.07) is 7.40.